The number of likely N-dealkylation sites (N-methyl/N-ethyl adjacent to an activating group) is 1. The van der Waals surface area contributed by atoms with E-state index in [1.807, 2.05) is 0 Å². The number of nitrogens with zero attached hydrogens (tertiary/aromatic N) is 1. The fourth-order valence-electron chi connectivity index (χ4n) is 1.42. The third kappa shape index (κ3) is 1.59. The molecule has 1 nitrogen and oxygen atoms in total. The highest BCUT2D eigenvalue weighted by atomic mass is 15.1. The normalized spacial score (nSPS) is 15.5. The van der Waals surface area contributed by atoms with Crippen LogP contribution in [0.2, 0.25) is 0 Å². The Morgan fingerprint density at radius 3 is 2.62 bits per heavy atom. The van der Waals surface area contributed by atoms with Gasteiger partial charge >= 0.3 is 0 Å². The molecule has 0 radical (unpaired) electrons. The minimum absolute atomic E-state index is 0.815. The van der Waals surface area contributed by atoms with E-state index in [0.717, 1.165) is 29.9 Å². The highest BCUT2D eigenvalue weighted by Gasteiger charge is 2.23. The van der Waals surface area contributed by atoms with Gasteiger partial charge in [-0.3, -0.25) is 0 Å². The van der Waals surface area contributed by atoms with Gasteiger partial charge in [0.1, 0.15) is 0 Å². The molecule has 66 valence electrons. The topological polar surface area (TPSA) is 3.24 Å². The molecule has 1 saturated heterocycles. The van der Waals surface area contributed by atoms with Gasteiger partial charge in [-0.1, -0.05) is 24.6 Å². The van der Waals surface area contributed by atoms with E-state index in [1.165, 1.54) is 0 Å². The zero-order valence-corrected chi connectivity index (χ0v) is 7.98. The molecule has 0 atom stereocenters. The highest BCUT2D eigenvalue weighted by Crippen LogP contribution is 2.28. The third-order valence-electron chi connectivity index (χ3n) is 2.12. The molecule has 1 aliphatic heterocycles. The second-order valence-electron chi connectivity index (χ2n) is 2.79. The van der Waals surface area contributed by atoms with E-state index in [0.29, 0.717) is 0 Å². The van der Waals surface area contributed by atoms with Crippen molar-refractivity contribution in [2.75, 3.05) is 13.1 Å². The molecule has 0 N–H and O–H groups in total. The van der Waals surface area contributed by atoms with Crippen LogP contribution in [-0.2, 0) is 0 Å². The number of hydrogen-bond acceptors (Lipinski definition) is 1. The van der Waals surface area contributed by atoms with E-state index in [9.17, 15) is 0 Å². The maximum absolute atomic E-state index is 3.97. The predicted molar refractivity (Wildman–Crippen MR) is 55.2 cm³/mol. The first-order valence-corrected chi connectivity index (χ1v) is 4.23. The monoisotopic (exact) mass is 171 g/mol. The smallest absolute Gasteiger partial charge is 0.0521 e. The summed E-state index contributed by atoms with van der Waals surface area (Å²) in [6.45, 7) is 14.9. The van der Waals surface area contributed by atoms with Crippen molar-refractivity contribution in [3.63, 3.8) is 0 Å². The van der Waals surface area contributed by atoms with Gasteiger partial charge in [-0.2, -0.15) is 0 Å². The van der Waals surface area contributed by atoms with E-state index in [4.69, 9.17) is 0 Å². The predicted octanol–water partition coefficient (Wildman–Crippen LogP) is 2.41. The van der Waals surface area contributed by atoms with Crippen molar-refractivity contribution < 1.29 is 0 Å². The second kappa shape index (κ2) is 3.85. The van der Waals surface area contributed by atoms with Crippen molar-refractivity contribution in [1.82, 2.24) is 4.90 Å². The van der Waals surface area contributed by atoms with Crippen LogP contribution in [0.4, 0.5) is 0 Å². The van der Waals surface area contributed by atoms with Gasteiger partial charge in [0.05, 0.1) is 12.1 Å². The Kier molecular flexibility index (Phi) is 2.80. The molecular weight excluding hydrogens is 158 g/mol. The third-order valence-corrected chi connectivity index (χ3v) is 2.12. The first-order valence-electron chi connectivity index (χ1n) is 4.23. The lowest BCUT2D eigenvalue weighted by molar-refractivity contribution is 0.434. The average Bonchev–Trinajstić information content (AvgIpc) is 2.43. The number of hydrogen-bond donors (Lipinski definition) is 0. The van der Waals surface area contributed by atoms with Crippen LogP contribution in [0.1, 0.15) is 6.92 Å². The minimum atomic E-state index is 0.815. The van der Waals surface area contributed by atoms with E-state index in [1.54, 1.807) is 0 Å². The van der Waals surface area contributed by atoms with Gasteiger partial charge < -0.3 is 4.90 Å². The van der Waals surface area contributed by atoms with Crippen molar-refractivity contribution >= 4 is 0 Å². The molecule has 0 aromatic rings. The molecule has 0 unspecified atom stereocenters. The Balaban J connectivity index is 3.22. The maximum Gasteiger partial charge on any atom is 0.0521 e. The quantitative estimate of drug-likeness (QED) is 0.548. The minimum Gasteiger partial charge on any atom is -0.366 e. The Morgan fingerprint density at radius 1 is 1.46 bits per heavy atom. The zero-order chi connectivity index (χ0) is 9.84. The first kappa shape index (κ1) is 9.45. The van der Waals surface area contributed by atoms with Crippen LogP contribution in [0.3, 0.4) is 0 Å². The Hall–Kier alpha value is -1.64. The molecule has 1 heterocycles. The lowest BCUT2D eigenvalue weighted by atomic mass is 10.1. The van der Waals surface area contributed by atoms with Crippen molar-refractivity contribution in [3.8, 4) is 0 Å². The van der Waals surface area contributed by atoms with Crippen molar-refractivity contribution in [2.24, 2.45) is 0 Å². The number of likely N-dealkylation sites (tertiary alicyclic amines) is 1. The molecule has 1 fully saturated rings. The van der Waals surface area contributed by atoms with Gasteiger partial charge in [0.2, 0.25) is 0 Å². The molecule has 1 rings (SSSR count). The molecule has 0 spiro atoms. The first-order chi connectivity index (χ1) is 6.24. The molecule has 0 saturated carbocycles. The van der Waals surface area contributed by atoms with Crippen LogP contribution in [0.15, 0.2) is 53.8 Å². The molecule has 1 heteroatoms. The molecular formula is C12H13N. The zero-order valence-electron chi connectivity index (χ0n) is 7.98. The summed E-state index contributed by atoms with van der Waals surface area (Å²) in [4.78, 5) is 2.15. The summed E-state index contributed by atoms with van der Waals surface area (Å²) >= 11 is 0. The van der Waals surface area contributed by atoms with Gasteiger partial charge in [-0.15, -0.1) is 5.73 Å². The van der Waals surface area contributed by atoms with E-state index >= 15 is 0 Å². The van der Waals surface area contributed by atoms with Crippen LogP contribution in [0, 0.1) is 0 Å². The Bertz CT molecular complexity index is 368. The summed E-state index contributed by atoms with van der Waals surface area (Å²) in [6, 6.07) is 0. The summed E-state index contributed by atoms with van der Waals surface area (Å²) < 4.78 is 0. The van der Waals surface area contributed by atoms with Crippen LogP contribution >= 0.6 is 0 Å². The maximum atomic E-state index is 3.97. The summed E-state index contributed by atoms with van der Waals surface area (Å²) in [5, 5.41) is 0. The van der Waals surface area contributed by atoms with Gasteiger partial charge in [0, 0.05) is 17.8 Å². The van der Waals surface area contributed by atoms with Crippen molar-refractivity contribution in [3.05, 3.63) is 53.8 Å². The summed E-state index contributed by atoms with van der Waals surface area (Å²) in [5.74, 6) is 0. The van der Waals surface area contributed by atoms with Gasteiger partial charge in [-0.25, -0.2) is 0 Å². The van der Waals surface area contributed by atoms with E-state index in [-0.39, 0.29) is 0 Å². The van der Waals surface area contributed by atoms with Crippen molar-refractivity contribution in [1.29, 1.82) is 0 Å². The second-order valence-corrected chi connectivity index (χ2v) is 2.79. The van der Waals surface area contributed by atoms with Gasteiger partial charge in [0.25, 0.3) is 0 Å². The molecule has 13 heavy (non-hydrogen) atoms. The molecule has 0 aliphatic carbocycles. The Labute approximate surface area is 79.4 Å². The highest BCUT2D eigenvalue weighted by molar-refractivity contribution is 5.49. The Morgan fingerprint density at radius 2 is 2.15 bits per heavy atom. The molecule has 0 amide bonds. The van der Waals surface area contributed by atoms with Gasteiger partial charge in [0.15, 0.2) is 0 Å². The fraction of sp³-hybridized carbons (Fsp3) is 0.250. The lowest BCUT2D eigenvalue weighted by Crippen LogP contribution is -2.16. The van der Waals surface area contributed by atoms with E-state index in [2.05, 4.69) is 48.8 Å². The average molecular weight is 171 g/mol. The van der Waals surface area contributed by atoms with Crippen LogP contribution in [0.5, 0.6) is 0 Å². The standard InChI is InChI=1S/C12H13N/c1-5-8-11-9-13(7-3)10(4)12(11)6-2/h1-2,4,7,9H2,3H3. The van der Waals surface area contributed by atoms with Gasteiger partial charge in [-0.05, 0) is 13.5 Å². The largest absolute Gasteiger partial charge is 0.366 e. The fourth-order valence-corrected chi connectivity index (χ4v) is 1.42. The van der Waals surface area contributed by atoms with Crippen LogP contribution in [0.25, 0.3) is 0 Å². The molecule has 0 aromatic carbocycles. The molecule has 0 aromatic heterocycles. The SMILES string of the molecule is C=C=C=C1CN(CC)C(=C)C1=C=C. The molecule has 0 bridgehead atoms. The number of rotatable bonds is 1. The lowest BCUT2D eigenvalue weighted by Gasteiger charge is -2.14. The van der Waals surface area contributed by atoms with Crippen molar-refractivity contribution in [2.45, 2.75) is 6.92 Å². The van der Waals surface area contributed by atoms with Crippen LogP contribution < -0.4 is 0 Å². The summed E-state index contributed by atoms with van der Waals surface area (Å²) in [7, 11) is 0. The molecule has 1 aliphatic rings. The number of allylic oxidation sites excluding steroid dienone is 1. The van der Waals surface area contributed by atoms with E-state index < -0.39 is 0 Å². The van der Waals surface area contributed by atoms with Crippen LogP contribution in [-0.4, -0.2) is 18.0 Å². The summed E-state index contributed by atoms with van der Waals surface area (Å²) in [5.41, 5.74) is 11.4. The summed E-state index contributed by atoms with van der Waals surface area (Å²) in [6.07, 6.45) is 0.